The van der Waals surface area contributed by atoms with Crippen LogP contribution in [-0.4, -0.2) is 18.0 Å². The normalized spacial score (nSPS) is 11.8. The van der Waals surface area contributed by atoms with Crippen molar-refractivity contribution in [1.29, 1.82) is 0 Å². The highest BCUT2D eigenvalue weighted by Crippen LogP contribution is 2.19. The Hall–Kier alpha value is -2.27. The van der Waals surface area contributed by atoms with Gasteiger partial charge in [0.15, 0.2) is 5.17 Å². The molecule has 0 bridgehead atoms. The summed E-state index contributed by atoms with van der Waals surface area (Å²) in [7, 11) is 0. The summed E-state index contributed by atoms with van der Waals surface area (Å²) in [5.41, 5.74) is 9.17. The lowest BCUT2D eigenvalue weighted by atomic mass is 10.1. The molecule has 0 spiro atoms. The molecule has 2 aromatic carbocycles. The van der Waals surface area contributed by atoms with E-state index >= 15 is 0 Å². The zero-order chi connectivity index (χ0) is 17.9. The van der Waals surface area contributed by atoms with Crippen LogP contribution in [-0.2, 0) is 5.75 Å². The zero-order valence-electron chi connectivity index (χ0n) is 14.8. The molecule has 0 heterocycles. The van der Waals surface area contributed by atoms with E-state index in [0.29, 0.717) is 5.17 Å². The van der Waals surface area contributed by atoms with Crippen molar-refractivity contribution in [3.63, 3.8) is 0 Å². The molecular weight excluding hydrogens is 330 g/mol. The second kappa shape index (κ2) is 10.6. The van der Waals surface area contributed by atoms with Crippen LogP contribution in [0.5, 0.6) is 5.75 Å². The fourth-order valence-corrected chi connectivity index (χ4v) is 2.70. The molecule has 132 valence electrons. The van der Waals surface area contributed by atoms with Crippen molar-refractivity contribution in [2.75, 3.05) is 6.61 Å². The molecule has 2 aromatic rings. The van der Waals surface area contributed by atoms with E-state index in [1.54, 1.807) is 6.21 Å². The molecule has 0 aromatic heterocycles. The summed E-state index contributed by atoms with van der Waals surface area (Å²) in [5, 5.41) is 8.58. The predicted octanol–water partition coefficient (Wildman–Crippen LogP) is 4.76. The number of unbranched alkanes of at least 4 members (excludes halogenated alkanes) is 1. The monoisotopic (exact) mass is 355 g/mol. The molecule has 0 fully saturated rings. The summed E-state index contributed by atoms with van der Waals surface area (Å²) in [5.74, 6) is 1.68. The Morgan fingerprint density at radius 3 is 2.76 bits per heavy atom. The highest BCUT2D eigenvalue weighted by Gasteiger charge is 2.01. The summed E-state index contributed by atoms with van der Waals surface area (Å²) in [6.07, 6.45) is 3.87. The maximum Gasteiger partial charge on any atom is 0.180 e. The van der Waals surface area contributed by atoms with Gasteiger partial charge in [-0.05, 0) is 36.1 Å². The van der Waals surface area contributed by atoms with Gasteiger partial charge in [0.05, 0.1) is 12.8 Å². The van der Waals surface area contributed by atoms with Crippen LogP contribution in [0.4, 0.5) is 0 Å². The van der Waals surface area contributed by atoms with E-state index in [1.165, 1.54) is 17.3 Å². The maximum absolute atomic E-state index is 5.90. The second-order valence-corrected chi connectivity index (χ2v) is 6.68. The standard InChI is InChI=1S/C20H25N3OS/c1-3-4-12-24-19-13-18(11-10-16(19)2)14-22-23-20(21)25-15-17-8-6-5-7-9-17/h5-11,13-14H,3-4,12,15H2,1-2H3,(H2,21,23). The summed E-state index contributed by atoms with van der Waals surface area (Å²) in [6, 6.07) is 16.2. The lowest BCUT2D eigenvalue weighted by molar-refractivity contribution is 0.307. The molecular formula is C20H25N3OS. The number of nitrogens with two attached hydrogens (primary N) is 1. The highest BCUT2D eigenvalue weighted by atomic mass is 32.2. The quantitative estimate of drug-likeness (QED) is 0.321. The van der Waals surface area contributed by atoms with Gasteiger partial charge in [0.1, 0.15) is 5.75 Å². The van der Waals surface area contributed by atoms with Crippen LogP contribution in [0.25, 0.3) is 0 Å². The lowest BCUT2D eigenvalue weighted by Gasteiger charge is -2.09. The van der Waals surface area contributed by atoms with Crippen molar-refractivity contribution in [3.05, 3.63) is 65.2 Å². The first-order chi connectivity index (χ1) is 12.2. The van der Waals surface area contributed by atoms with Crippen LogP contribution >= 0.6 is 11.8 Å². The fourth-order valence-electron chi connectivity index (χ4n) is 2.09. The molecule has 0 saturated carbocycles. The van der Waals surface area contributed by atoms with Gasteiger partial charge in [-0.1, -0.05) is 67.6 Å². The zero-order valence-corrected chi connectivity index (χ0v) is 15.6. The molecule has 4 nitrogen and oxygen atoms in total. The van der Waals surface area contributed by atoms with E-state index in [9.17, 15) is 0 Å². The van der Waals surface area contributed by atoms with Crippen molar-refractivity contribution in [2.45, 2.75) is 32.4 Å². The molecule has 2 rings (SSSR count). The van der Waals surface area contributed by atoms with E-state index in [1.807, 2.05) is 43.3 Å². The number of amidine groups is 1. The number of thioether (sulfide) groups is 1. The third-order valence-corrected chi connectivity index (χ3v) is 4.42. The Bertz CT molecular complexity index is 714. The van der Waals surface area contributed by atoms with E-state index in [0.717, 1.165) is 42.1 Å². The van der Waals surface area contributed by atoms with Gasteiger partial charge < -0.3 is 10.5 Å². The number of hydrogen-bond acceptors (Lipinski definition) is 4. The third-order valence-electron chi connectivity index (χ3n) is 3.56. The van der Waals surface area contributed by atoms with Gasteiger partial charge >= 0.3 is 0 Å². The van der Waals surface area contributed by atoms with Crippen LogP contribution in [0.2, 0.25) is 0 Å². The summed E-state index contributed by atoms with van der Waals surface area (Å²) < 4.78 is 5.81. The van der Waals surface area contributed by atoms with E-state index < -0.39 is 0 Å². The molecule has 0 aliphatic rings. The van der Waals surface area contributed by atoms with E-state index in [-0.39, 0.29) is 0 Å². The van der Waals surface area contributed by atoms with Crippen LogP contribution in [0.1, 0.15) is 36.5 Å². The molecule has 25 heavy (non-hydrogen) atoms. The van der Waals surface area contributed by atoms with Gasteiger partial charge in [0, 0.05) is 5.75 Å². The molecule has 0 aliphatic heterocycles. The number of aryl methyl sites for hydroxylation is 1. The molecule has 0 amide bonds. The molecule has 0 radical (unpaired) electrons. The smallest absolute Gasteiger partial charge is 0.180 e. The number of hydrogen-bond donors (Lipinski definition) is 1. The summed E-state index contributed by atoms with van der Waals surface area (Å²) in [6.45, 7) is 4.93. The highest BCUT2D eigenvalue weighted by molar-refractivity contribution is 8.13. The first-order valence-electron chi connectivity index (χ1n) is 8.45. The number of ether oxygens (including phenoxy) is 1. The van der Waals surface area contributed by atoms with Crippen LogP contribution in [0.3, 0.4) is 0 Å². The Balaban J connectivity index is 1.90. The maximum atomic E-state index is 5.90. The first kappa shape index (κ1) is 19.1. The molecule has 0 aliphatic carbocycles. The van der Waals surface area contributed by atoms with Gasteiger partial charge in [-0.25, -0.2) is 0 Å². The lowest BCUT2D eigenvalue weighted by Crippen LogP contribution is -2.06. The Labute approximate surface area is 154 Å². The fraction of sp³-hybridized carbons (Fsp3) is 0.300. The predicted molar refractivity (Wildman–Crippen MR) is 109 cm³/mol. The average Bonchev–Trinajstić information content (AvgIpc) is 2.63. The Morgan fingerprint density at radius 2 is 2.00 bits per heavy atom. The minimum Gasteiger partial charge on any atom is -0.493 e. The van der Waals surface area contributed by atoms with Crippen molar-refractivity contribution >= 4 is 23.1 Å². The number of benzene rings is 2. The van der Waals surface area contributed by atoms with E-state index in [2.05, 4.69) is 29.3 Å². The third kappa shape index (κ3) is 7.01. The molecule has 0 unspecified atom stereocenters. The van der Waals surface area contributed by atoms with Crippen molar-refractivity contribution in [3.8, 4) is 5.75 Å². The van der Waals surface area contributed by atoms with Crippen molar-refractivity contribution in [2.24, 2.45) is 15.9 Å². The Kier molecular flexibility index (Phi) is 8.05. The average molecular weight is 356 g/mol. The Morgan fingerprint density at radius 1 is 1.20 bits per heavy atom. The summed E-state index contributed by atoms with van der Waals surface area (Å²) in [4.78, 5) is 0. The van der Waals surface area contributed by atoms with Crippen molar-refractivity contribution < 1.29 is 4.74 Å². The minimum absolute atomic E-state index is 0.451. The van der Waals surface area contributed by atoms with Gasteiger partial charge in [0.2, 0.25) is 0 Å². The van der Waals surface area contributed by atoms with Crippen molar-refractivity contribution in [1.82, 2.24) is 0 Å². The molecule has 2 N–H and O–H groups in total. The molecule has 0 saturated heterocycles. The first-order valence-corrected chi connectivity index (χ1v) is 9.44. The van der Waals surface area contributed by atoms with Gasteiger partial charge in [-0.15, -0.1) is 5.10 Å². The van der Waals surface area contributed by atoms with Gasteiger partial charge in [0.25, 0.3) is 0 Å². The minimum atomic E-state index is 0.451. The van der Waals surface area contributed by atoms with Crippen LogP contribution < -0.4 is 10.5 Å². The van der Waals surface area contributed by atoms with E-state index in [4.69, 9.17) is 10.5 Å². The number of nitrogens with zero attached hydrogens (tertiary/aromatic N) is 2. The molecule has 0 atom stereocenters. The van der Waals surface area contributed by atoms with Crippen LogP contribution in [0, 0.1) is 6.92 Å². The van der Waals surface area contributed by atoms with Crippen LogP contribution in [0.15, 0.2) is 58.7 Å². The topological polar surface area (TPSA) is 60.0 Å². The van der Waals surface area contributed by atoms with Gasteiger partial charge in [-0.2, -0.15) is 5.10 Å². The summed E-state index contributed by atoms with van der Waals surface area (Å²) >= 11 is 1.47. The van der Waals surface area contributed by atoms with Gasteiger partial charge in [-0.3, -0.25) is 0 Å². The second-order valence-electron chi connectivity index (χ2n) is 5.68. The largest absolute Gasteiger partial charge is 0.493 e. The number of rotatable bonds is 8. The SMILES string of the molecule is CCCCOc1cc(C=NN=C(N)SCc2ccccc2)ccc1C. The molecule has 5 heteroatoms.